The molecule has 1 aromatic heterocycles. The van der Waals surface area contributed by atoms with E-state index < -0.39 is 17.0 Å². The molecule has 2 N–H and O–H groups in total. The van der Waals surface area contributed by atoms with Gasteiger partial charge in [-0.25, -0.2) is 0 Å². The first-order chi connectivity index (χ1) is 14.4. The van der Waals surface area contributed by atoms with Crippen LogP contribution >= 0.6 is 0 Å². The molecule has 0 bridgehead atoms. The standard InChI is InChI=1S/C23H24N2O5/c1-14(26)19-21(28)16(13-25-10-8-24(2)9-11-25)23-20(22(19)29)17(27)12-18(30-23)15-6-4-3-5-7-15/h3-7,12,28-29H,8-11,13H2,1-2H3. The molecule has 1 aliphatic heterocycles. The van der Waals surface area contributed by atoms with E-state index in [1.807, 2.05) is 37.4 Å². The van der Waals surface area contributed by atoms with Crippen LogP contribution in [0.1, 0.15) is 22.8 Å². The number of Topliss-reactive ketones (excluding diaryl/α,β-unsaturated/α-hetero) is 1. The van der Waals surface area contributed by atoms with Crippen molar-refractivity contribution >= 4 is 16.8 Å². The van der Waals surface area contributed by atoms with E-state index in [1.165, 1.54) is 13.0 Å². The van der Waals surface area contributed by atoms with Gasteiger partial charge in [0, 0.05) is 44.4 Å². The number of carbonyl (C=O) groups excluding carboxylic acids is 1. The summed E-state index contributed by atoms with van der Waals surface area (Å²) >= 11 is 0. The zero-order valence-electron chi connectivity index (χ0n) is 17.0. The third kappa shape index (κ3) is 3.58. The van der Waals surface area contributed by atoms with Gasteiger partial charge >= 0.3 is 0 Å². The summed E-state index contributed by atoms with van der Waals surface area (Å²) in [5.74, 6) is -1.05. The first kappa shape index (κ1) is 20.1. The molecule has 0 aliphatic carbocycles. The maximum absolute atomic E-state index is 12.9. The normalized spacial score (nSPS) is 15.5. The summed E-state index contributed by atoms with van der Waals surface area (Å²) in [6.45, 7) is 4.84. The fraction of sp³-hybridized carbons (Fsp3) is 0.304. The molecule has 7 nitrogen and oxygen atoms in total. The van der Waals surface area contributed by atoms with Crippen molar-refractivity contribution in [2.45, 2.75) is 13.5 Å². The van der Waals surface area contributed by atoms with Crippen molar-refractivity contribution in [3.8, 4) is 22.8 Å². The van der Waals surface area contributed by atoms with Gasteiger partial charge in [-0.1, -0.05) is 30.3 Å². The van der Waals surface area contributed by atoms with E-state index in [-0.39, 0.29) is 22.3 Å². The summed E-state index contributed by atoms with van der Waals surface area (Å²) in [4.78, 5) is 29.4. The second kappa shape index (κ2) is 7.93. The Morgan fingerprint density at radius 2 is 1.73 bits per heavy atom. The lowest BCUT2D eigenvalue weighted by Gasteiger charge is -2.32. The number of phenols is 2. The van der Waals surface area contributed by atoms with E-state index in [0.29, 0.717) is 23.4 Å². The zero-order valence-corrected chi connectivity index (χ0v) is 17.0. The lowest BCUT2D eigenvalue weighted by molar-refractivity contribution is 0.101. The summed E-state index contributed by atoms with van der Waals surface area (Å²) < 4.78 is 6.05. The summed E-state index contributed by atoms with van der Waals surface area (Å²) in [5, 5.41) is 21.5. The highest BCUT2D eigenvalue weighted by Gasteiger charge is 2.27. The molecule has 0 saturated carbocycles. The lowest BCUT2D eigenvalue weighted by Crippen LogP contribution is -2.43. The Morgan fingerprint density at radius 3 is 2.37 bits per heavy atom. The van der Waals surface area contributed by atoms with Crippen LogP contribution in [0.2, 0.25) is 0 Å². The Labute approximate surface area is 173 Å². The fourth-order valence-corrected chi connectivity index (χ4v) is 3.88. The predicted molar refractivity (Wildman–Crippen MR) is 114 cm³/mol. The Hall–Kier alpha value is -3.16. The molecule has 2 heterocycles. The molecule has 0 amide bonds. The third-order valence-electron chi connectivity index (χ3n) is 5.61. The van der Waals surface area contributed by atoms with Gasteiger partial charge in [-0.15, -0.1) is 0 Å². The lowest BCUT2D eigenvalue weighted by atomic mass is 9.98. The average Bonchev–Trinajstić information content (AvgIpc) is 2.72. The van der Waals surface area contributed by atoms with E-state index in [1.54, 1.807) is 0 Å². The molecule has 1 saturated heterocycles. The molecule has 1 aliphatic rings. The third-order valence-corrected chi connectivity index (χ3v) is 5.61. The summed E-state index contributed by atoms with van der Waals surface area (Å²) in [6, 6.07) is 10.5. The molecule has 156 valence electrons. The number of nitrogens with zero attached hydrogens (tertiary/aromatic N) is 2. The minimum atomic E-state index is -0.537. The largest absolute Gasteiger partial charge is 0.507 e. The van der Waals surface area contributed by atoms with Gasteiger partial charge in [0.1, 0.15) is 28.2 Å². The maximum atomic E-state index is 12.9. The van der Waals surface area contributed by atoms with Crippen LogP contribution < -0.4 is 5.43 Å². The molecule has 0 radical (unpaired) electrons. The molecule has 0 unspecified atom stereocenters. The van der Waals surface area contributed by atoms with E-state index in [2.05, 4.69) is 9.80 Å². The average molecular weight is 408 g/mol. The number of fused-ring (bicyclic) bond motifs is 1. The first-order valence-electron chi connectivity index (χ1n) is 9.88. The predicted octanol–water partition coefficient (Wildman–Crippen LogP) is 2.82. The van der Waals surface area contributed by atoms with Crippen molar-refractivity contribution in [1.29, 1.82) is 0 Å². The SMILES string of the molecule is CC(=O)c1c(O)c(CN2CCN(C)CC2)c2oc(-c3ccccc3)cc(=O)c2c1O. The number of aromatic hydroxyl groups is 2. The number of carbonyl (C=O) groups is 1. The van der Waals surface area contributed by atoms with Crippen molar-refractivity contribution < 1.29 is 19.4 Å². The van der Waals surface area contributed by atoms with E-state index in [9.17, 15) is 19.8 Å². The van der Waals surface area contributed by atoms with Crippen LogP contribution in [-0.2, 0) is 6.54 Å². The molecule has 1 fully saturated rings. The van der Waals surface area contributed by atoms with E-state index in [0.717, 1.165) is 26.2 Å². The monoisotopic (exact) mass is 408 g/mol. The fourth-order valence-electron chi connectivity index (χ4n) is 3.88. The number of hydrogen-bond donors (Lipinski definition) is 2. The number of phenolic OH excluding ortho intramolecular Hbond substituents is 2. The van der Waals surface area contributed by atoms with Crippen molar-refractivity contribution in [3.63, 3.8) is 0 Å². The van der Waals surface area contributed by atoms with Crippen molar-refractivity contribution in [3.05, 3.63) is 57.7 Å². The Balaban J connectivity index is 1.95. The number of likely N-dealkylation sites (N-methyl/N-ethyl adjacent to an activating group) is 1. The van der Waals surface area contributed by atoms with Gasteiger partial charge in [-0.2, -0.15) is 0 Å². The number of benzene rings is 2. The second-order valence-corrected chi connectivity index (χ2v) is 7.73. The van der Waals surface area contributed by atoms with Gasteiger partial charge < -0.3 is 19.5 Å². The topological polar surface area (TPSA) is 94.2 Å². The molecule has 2 aromatic carbocycles. The summed E-state index contributed by atoms with van der Waals surface area (Å²) in [6.07, 6.45) is 0. The van der Waals surface area contributed by atoms with Crippen LogP contribution in [0.15, 0.2) is 45.6 Å². The van der Waals surface area contributed by atoms with Crippen LogP contribution in [-0.4, -0.2) is 59.0 Å². The molecular weight excluding hydrogens is 384 g/mol. The minimum Gasteiger partial charge on any atom is -0.507 e. The molecule has 3 aromatic rings. The van der Waals surface area contributed by atoms with Gasteiger partial charge in [0.15, 0.2) is 16.8 Å². The van der Waals surface area contributed by atoms with E-state index in [4.69, 9.17) is 4.42 Å². The van der Waals surface area contributed by atoms with Crippen molar-refractivity contribution in [2.75, 3.05) is 33.2 Å². The van der Waals surface area contributed by atoms with Crippen LogP contribution in [0.4, 0.5) is 0 Å². The van der Waals surface area contributed by atoms with E-state index >= 15 is 0 Å². The highest BCUT2D eigenvalue weighted by Crippen LogP contribution is 2.40. The number of ketones is 1. The molecule has 30 heavy (non-hydrogen) atoms. The molecule has 7 heteroatoms. The van der Waals surface area contributed by atoms with Gasteiger partial charge in [0.2, 0.25) is 0 Å². The van der Waals surface area contributed by atoms with Gasteiger partial charge in [-0.3, -0.25) is 14.5 Å². The second-order valence-electron chi connectivity index (χ2n) is 7.73. The molecule has 4 rings (SSSR count). The highest BCUT2D eigenvalue weighted by atomic mass is 16.3. The number of hydrogen-bond acceptors (Lipinski definition) is 7. The van der Waals surface area contributed by atoms with Gasteiger partial charge in [-0.05, 0) is 14.0 Å². The van der Waals surface area contributed by atoms with Crippen LogP contribution in [0.3, 0.4) is 0 Å². The first-order valence-corrected chi connectivity index (χ1v) is 9.88. The Bertz CT molecular complexity index is 1160. The van der Waals surface area contributed by atoms with Crippen LogP contribution in [0.25, 0.3) is 22.3 Å². The van der Waals surface area contributed by atoms with Crippen LogP contribution in [0, 0.1) is 0 Å². The van der Waals surface area contributed by atoms with Crippen molar-refractivity contribution in [1.82, 2.24) is 9.80 Å². The molecular formula is C23H24N2O5. The van der Waals surface area contributed by atoms with Gasteiger partial charge in [0.05, 0.1) is 5.56 Å². The Kier molecular flexibility index (Phi) is 5.32. The number of rotatable bonds is 4. The smallest absolute Gasteiger partial charge is 0.197 e. The highest BCUT2D eigenvalue weighted by molar-refractivity contribution is 6.06. The summed E-state index contributed by atoms with van der Waals surface area (Å²) in [5.41, 5.74) is 0.450. The number of piperazine rings is 1. The molecule has 0 spiro atoms. The Morgan fingerprint density at radius 1 is 1.07 bits per heavy atom. The quantitative estimate of drug-likeness (QED) is 0.641. The van der Waals surface area contributed by atoms with Gasteiger partial charge in [0.25, 0.3) is 0 Å². The summed E-state index contributed by atoms with van der Waals surface area (Å²) in [7, 11) is 2.05. The zero-order chi connectivity index (χ0) is 21.4. The minimum absolute atomic E-state index is 0.0817. The maximum Gasteiger partial charge on any atom is 0.197 e. The van der Waals surface area contributed by atoms with Crippen LogP contribution in [0.5, 0.6) is 11.5 Å². The molecule has 0 atom stereocenters. The van der Waals surface area contributed by atoms with Crippen molar-refractivity contribution in [2.24, 2.45) is 0 Å².